The number of piperazine rings is 1. The van der Waals surface area contributed by atoms with Gasteiger partial charge < -0.3 is 15.3 Å². The van der Waals surface area contributed by atoms with Gasteiger partial charge in [0.15, 0.2) is 0 Å². The molecule has 166 valence electrons. The highest BCUT2D eigenvalue weighted by atomic mass is 32.2. The van der Waals surface area contributed by atoms with E-state index in [-0.39, 0.29) is 10.6 Å². The van der Waals surface area contributed by atoms with Gasteiger partial charge in [-0.15, -0.1) is 0 Å². The van der Waals surface area contributed by atoms with E-state index >= 15 is 0 Å². The average Bonchev–Trinajstić information content (AvgIpc) is 3.38. The first-order valence-corrected chi connectivity index (χ1v) is 11.4. The van der Waals surface area contributed by atoms with E-state index in [4.69, 9.17) is 5.41 Å². The fourth-order valence-corrected chi connectivity index (χ4v) is 4.37. The molecule has 1 aromatic carbocycles. The zero-order chi connectivity index (χ0) is 22.7. The number of imide groups is 1. The molecule has 0 spiro atoms. The minimum absolute atomic E-state index is 0.109. The number of thioether (sulfide) groups is 1. The number of nitrogens with one attached hydrogen (secondary N) is 3. The maximum absolute atomic E-state index is 11.6. The molecule has 2 aromatic rings. The second-order valence-corrected chi connectivity index (χ2v) is 9.00. The smallest absolute Gasteiger partial charge is 0.290 e. The number of hydrogen-bond donors (Lipinski definition) is 3. The van der Waals surface area contributed by atoms with Crippen LogP contribution in [0.25, 0.3) is 17.3 Å². The number of rotatable bonds is 6. The number of H-pyrrole nitrogens is 1. The van der Waals surface area contributed by atoms with E-state index in [1.54, 1.807) is 12.3 Å². The molecule has 3 N–H and O–H groups in total. The summed E-state index contributed by atoms with van der Waals surface area (Å²) in [7, 11) is 0. The van der Waals surface area contributed by atoms with Crippen molar-refractivity contribution in [2.45, 2.75) is 19.9 Å². The maximum Gasteiger partial charge on any atom is 0.290 e. The number of hydrogen-bond acceptors (Lipinski definition) is 7. The third kappa shape index (κ3) is 5.17. The number of carbonyl (C=O) groups excluding carboxylic acids is 2. The lowest BCUT2D eigenvalue weighted by Crippen LogP contribution is -2.48. The molecule has 9 heteroatoms. The van der Waals surface area contributed by atoms with Gasteiger partial charge in [-0.2, -0.15) is 0 Å². The Labute approximate surface area is 191 Å². The highest BCUT2D eigenvalue weighted by Crippen LogP contribution is 2.24. The van der Waals surface area contributed by atoms with Gasteiger partial charge in [0.2, 0.25) is 0 Å². The van der Waals surface area contributed by atoms with Crippen LogP contribution in [0.1, 0.15) is 19.7 Å². The van der Waals surface area contributed by atoms with E-state index in [1.807, 2.05) is 0 Å². The van der Waals surface area contributed by atoms with Crippen LogP contribution in [0.5, 0.6) is 0 Å². The molecule has 32 heavy (non-hydrogen) atoms. The molecule has 2 aliphatic rings. The summed E-state index contributed by atoms with van der Waals surface area (Å²) in [5, 5.41) is 9.72. The highest BCUT2D eigenvalue weighted by molar-refractivity contribution is 8.18. The maximum atomic E-state index is 11.6. The van der Waals surface area contributed by atoms with Gasteiger partial charge in [0.1, 0.15) is 5.82 Å². The number of nitrogens with zero attached hydrogens (tertiary/aromatic N) is 3. The molecule has 0 radical (unpaired) electrons. The van der Waals surface area contributed by atoms with Gasteiger partial charge in [-0.05, 0) is 61.5 Å². The topological polar surface area (TPSA) is 105 Å². The van der Waals surface area contributed by atoms with E-state index < -0.39 is 11.1 Å². The molecule has 2 fully saturated rings. The van der Waals surface area contributed by atoms with E-state index in [0.29, 0.717) is 11.9 Å². The molecule has 4 rings (SSSR count). The van der Waals surface area contributed by atoms with Crippen molar-refractivity contribution in [1.82, 2.24) is 20.2 Å². The second-order valence-electron chi connectivity index (χ2n) is 7.99. The third-order valence-electron chi connectivity index (χ3n) is 5.53. The summed E-state index contributed by atoms with van der Waals surface area (Å²) in [6.45, 7) is 8.73. The molecule has 0 unspecified atom stereocenters. The van der Waals surface area contributed by atoms with Crippen LogP contribution in [-0.4, -0.2) is 63.9 Å². The standard InChI is InChI=1S/C23H26N6O2S/c1-15(2)28-9-11-29(12-10-28)18-6-3-16(4-7-18)19-14-25-21(26-19)8-5-17(24)13-20-22(30)27-23(31)32-20/h3-8,13-15,24H,9-12H2,1-2H3,(H,25,26)(H,27,30,31)/b8-5-,20-13-,24-17?. The number of aromatic nitrogens is 2. The van der Waals surface area contributed by atoms with Crippen molar-refractivity contribution in [3.05, 3.63) is 53.3 Å². The highest BCUT2D eigenvalue weighted by Gasteiger charge is 2.25. The molecule has 0 aliphatic carbocycles. The van der Waals surface area contributed by atoms with E-state index in [1.165, 1.54) is 17.8 Å². The first-order chi connectivity index (χ1) is 15.4. The number of amides is 2. The number of aromatic amines is 1. The van der Waals surface area contributed by atoms with Crippen LogP contribution in [0, 0.1) is 5.41 Å². The Morgan fingerprint density at radius 3 is 2.50 bits per heavy atom. The van der Waals surface area contributed by atoms with E-state index in [9.17, 15) is 9.59 Å². The van der Waals surface area contributed by atoms with Gasteiger partial charge in [-0.3, -0.25) is 19.8 Å². The Hall–Kier alpha value is -3.17. The molecule has 2 amide bonds. The molecule has 0 bridgehead atoms. The first kappa shape index (κ1) is 22.0. The summed E-state index contributed by atoms with van der Waals surface area (Å²) in [5.41, 5.74) is 3.27. The van der Waals surface area contributed by atoms with Crippen LogP contribution in [0.15, 0.2) is 47.5 Å². The monoisotopic (exact) mass is 450 g/mol. The Kier molecular flexibility index (Phi) is 6.57. The molecule has 3 heterocycles. The molecular formula is C23H26N6O2S. The van der Waals surface area contributed by atoms with Crippen LogP contribution >= 0.6 is 11.8 Å². The molecule has 2 aliphatic heterocycles. The quantitative estimate of drug-likeness (QED) is 0.460. The van der Waals surface area contributed by atoms with E-state index in [0.717, 1.165) is 49.2 Å². The second kappa shape index (κ2) is 9.54. The Balaban J connectivity index is 1.37. The van der Waals surface area contributed by atoms with Crippen molar-refractivity contribution < 1.29 is 9.59 Å². The fraction of sp³-hybridized carbons (Fsp3) is 0.304. The number of imidazole rings is 1. The Morgan fingerprint density at radius 2 is 1.88 bits per heavy atom. The predicted octanol–water partition coefficient (Wildman–Crippen LogP) is 3.51. The van der Waals surface area contributed by atoms with Gasteiger partial charge in [-0.1, -0.05) is 12.1 Å². The summed E-state index contributed by atoms with van der Waals surface area (Å²) in [6, 6.07) is 9.05. The van der Waals surface area contributed by atoms with Gasteiger partial charge >= 0.3 is 0 Å². The van der Waals surface area contributed by atoms with Gasteiger partial charge in [0.05, 0.1) is 22.5 Å². The van der Waals surface area contributed by atoms with Crippen molar-refractivity contribution in [2.24, 2.45) is 0 Å². The van der Waals surface area contributed by atoms with Crippen LogP contribution in [0.3, 0.4) is 0 Å². The Bertz CT molecular complexity index is 1080. The lowest BCUT2D eigenvalue weighted by Gasteiger charge is -2.38. The summed E-state index contributed by atoms with van der Waals surface area (Å²) >= 11 is 0.795. The van der Waals surface area contributed by atoms with Crippen molar-refractivity contribution in [3.8, 4) is 11.3 Å². The normalized spacial score (nSPS) is 18.8. The average molecular weight is 451 g/mol. The van der Waals surface area contributed by atoms with Crippen molar-refractivity contribution in [2.75, 3.05) is 31.1 Å². The number of anilines is 1. The number of benzene rings is 1. The SMILES string of the molecule is CC(C)N1CCN(c2ccc(-c3cnc(/C=C\C(=N)/C=C4\SC(=O)NC4=O)[nH]3)cc2)CC1. The Morgan fingerprint density at radius 1 is 1.16 bits per heavy atom. The number of allylic oxidation sites excluding steroid dienone is 2. The summed E-state index contributed by atoms with van der Waals surface area (Å²) < 4.78 is 0. The van der Waals surface area contributed by atoms with Crippen molar-refractivity contribution >= 4 is 40.4 Å². The predicted molar refractivity (Wildman–Crippen MR) is 129 cm³/mol. The van der Waals surface area contributed by atoms with Crippen molar-refractivity contribution in [1.29, 1.82) is 5.41 Å². The lowest BCUT2D eigenvalue weighted by atomic mass is 10.1. The molecule has 8 nitrogen and oxygen atoms in total. The van der Waals surface area contributed by atoms with Crippen LogP contribution in [0.4, 0.5) is 10.5 Å². The largest absolute Gasteiger partial charge is 0.369 e. The molecular weight excluding hydrogens is 424 g/mol. The molecule has 0 atom stereocenters. The van der Waals surface area contributed by atoms with Gasteiger partial charge in [-0.25, -0.2) is 4.98 Å². The van der Waals surface area contributed by atoms with Crippen LogP contribution in [-0.2, 0) is 4.79 Å². The lowest BCUT2D eigenvalue weighted by molar-refractivity contribution is -0.115. The first-order valence-electron chi connectivity index (χ1n) is 10.5. The zero-order valence-electron chi connectivity index (χ0n) is 18.1. The summed E-state index contributed by atoms with van der Waals surface area (Å²) in [4.78, 5) is 35.5. The minimum atomic E-state index is -0.469. The minimum Gasteiger partial charge on any atom is -0.369 e. The third-order valence-corrected chi connectivity index (χ3v) is 6.34. The molecule has 0 saturated carbocycles. The zero-order valence-corrected chi connectivity index (χ0v) is 18.9. The summed E-state index contributed by atoms with van der Waals surface area (Å²) in [6.07, 6.45) is 6.33. The van der Waals surface area contributed by atoms with Gasteiger partial charge in [0.25, 0.3) is 11.1 Å². The van der Waals surface area contributed by atoms with Gasteiger partial charge in [0, 0.05) is 37.9 Å². The molecule has 2 saturated heterocycles. The number of carbonyl (C=O) groups is 2. The van der Waals surface area contributed by atoms with E-state index in [2.05, 4.69) is 63.2 Å². The van der Waals surface area contributed by atoms with Crippen LogP contribution < -0.4 is 10.2 Å². The summed E-state index contributed by atoms with van der Waals surface area (Å²) in [5.74, 6) is 0.139. The van der Waals surface area contributed by atoms with Crippen molar-refractivity contribution in [3.63, 3.8) is 0 Å². The van der Waals surface area contributed by atoms with Crippen LogP contribution in [0.2, 0.25) is 0 Å². The molecule has 1 aromatic heterocycles. The fourth-order valence-electron chi connectivity index (χ4n) is 3.70.